The largest absolute Gasteiger partial charge is 0.362 e. The molecule has 1 aromatic carbocycles. The second-order valence-electron chi connectivity index (χ2n) is 6.43. The third-order valence-corrected chi connectivity index (χ3v) is 4.92. The fourth-order valence-electron chi connectivity index (χ4n) is 3.95. The summed E-state index contributed by atoms with van der Waals surface area (Å²) in [6.45, 7) is 5.82. The van der Waals surface area contributed by atoms with E-state index in [1.54, 1.807) is 0 Å². The first kappa shape index (κ1) is 12.8. The van der Waals surface area contributed by atoms with Gasteiger partial charge in [0.15, 0.2) is 0 Å². The molecule has 2 amide bonds. The van der Waals surface area contributed by atoms with E-state index in [4.69, 9.17) is 4.74 Å². The third kappa shape index (κ3) is 1.48. The summed E-state index contributed by atoms with van der Waals surface area (Å²) in [5.74, 6) is -1.02. The SMILES string of the molecule is Cc1ccc(N2C(=O)[C@H]3[C@H]4C=C[C@@](C)(O4)[C@H]3C2=O)c(C)c1. The predicted octanol–water partition coefficient (Wildman–Crippen LogP) is 2.14. The van der Waals surface area contributed by atoms with E-state index in [2.05, 4.69) is 0 Å². The second-order valence-corrected chi connectivity index (χ2v) is 6.43. The molecule has 2 bridgehead atoms. The van der Waals surface area contributed by atoms with Crippen LogP contribution in [-0.4, -0.2) is 23.5 Å². The van der Waals surface area contributed by atoms with Crippen LogP contribution < -0.4 is 4.90 Å². The van der Waals surface area contributed by atoms with Crippen molar-refractivity contribution >= 4 is 17.5 Å². The van der Waals surface area contributed by atoms with Crippen LogP contribution in [0.1, 0.15) is 18.1 Å². The topological polar surface area (TPSA) is 46.6 Å². The number of anilines is 1. The maximum atomic E-state index is 12.8. The van der Waals surface area contributed by atoms with Gasteiger partial charge in [0.05, 0.1) is 29.2 Å². The quantitative estimate of drug-likeness (QED) is 0.586. The number of carbonyl (C=O) groups excluding carboxylic acids is 2. The zero-order valence-electron chi connectivity index (χ0n) is 12.3. The van der Waals surface area contributed by atoms with E-state index in [0.717, 1.165) is 11.1 Å². The van der Waals surface area contributed by atoms with Crippen molar-refractivity contribution in [3.05, 3.63) is 41.5 Å². The van der Waals surface area contributed by atoms with Crippen LogP contribution >= 0.6 is 0 Å². The minimum atomic E-state index is -0.630. The number of nitrogens with zero attached hydrogens (tertiary/aromatic N) is 1. The van der Waals surface area contributed by atoms with E-state index < -0.39 is 5.60 Å². The number of carbonyl (C=O) groups is 2. The monoisotopic (exact) mass is 283 g/mol. The van der Waals surface area contributed by atoms with E-state index >= 15 is 0 Å². The Morgan fingerprint density at radius 2 is 1.95 bits per heavy atom. The fraction of sp³-hybridized carbons (Fsp3) is 0.412. The minimum absolute atomic E-state index is 0.130. The van der Waals surface area contributed by atoms with E-state index in [9.17, 15) is 9.59 Å². The highest BCUT2D eigenvalue weighted by atomic mass is 16.5. The first-order valence-corrected chi connectivity index (χ1v) is 7.24. The van der Waals surface area contributed by atoms with Crippen LogP contribution in [0.3, 0.4) is 0 Å². The fourth-order valence-corrected chi connectivity index (χ4v) is 3.95. The lowest BCUT2D eigenvalue weighted by molar-refractivity contribution is -0.126. The number of hydrogen-bond donors (Lipinski definition) is 0. The molecule has 3 heterocycles. The lowest BCUT2D eigenvalue weighted by atomic mass is 9.78. The predicted molar refractivity (Wildman–Crippen MR) is 77.8 cm³/mol. The summed E-state index contributed by atoms with van der Waals surface area (Å²) in [5.41, 5.74) is 2.14. The van der Waals surface area contributed by atoms with Gasteiger partial charge in [0, 0.05) is 0 Å². The molecule has 4 heteroatoms. The van der Waals surface area contributed by atoms with Crippen LogP contribution in [0.5, 0.6) is 0 Å². The molecule has 0 spiro atoms. The average molecular weight is 283 g/mol. The lowest BCUT2D eigenvalue weighted by Gasteiger charge is -2.24. The summed E-state index contributed by atoms with van der Waals surface area (Å²) in [6, 6.07) is 5.79. The number of ether oxygens (including phenoxy) is 1. The standard InChI is InChI=1S/C17H17NO3/c1-9-4-5-11(10(2)8-9)18-15(19)13-12-6-7-17(3,21-12)14(13)16(18)20/h4-8,12-14H,1-3H3/t12-,13+,14-,17-/m1/s1. The van der Waals surface area contributed by atoms with Crippen LogP contribution in [0.25, 0.3) is 0 Å². The molecule has 0 aliphatic carbocycles. The molecule has 2 saturated heterocycles. The number of fused-ring (bicyclic) bond motifs is 5. The Morgan fingerprint density at radius 3 is 2.62 bits per heavy atom. The summed E-state index contributed by atoms with van der Waals surface area (Å²) < 4.78 is 5.82. The molecule has 3 aliphatic heterocycles. The zero-order chi connectivity index (χ0) is 14.9. The molecule has 0 saturated carbocycles. The number of hydrogen-bond acceptors (Lipinski definition) is 3. The third-order valence-electron chi connectivity index (χ3n) is 4.92. The molecule has 4 nitrogen and oxygen atoms in total. The second kappa shape index (κ2) is 3.83. The molecule has 2 fully saturated rings. The van der Waals surface area contributed by atoms with Gasteiger partial charge >= 0.3 is 0 Å². The van der Waals surface area contributed by atoms with Crippen molar-refractivity contribution in [2.45, 2.75) is 32.5 Å². The van der Waals surface area contributed by atoms with Gasteiger partial charge in [-0.2, -0.15) is 0 Å². The first-order chi connectivity index (χ1) is 9.92. The molecule has 4 atom stereocenters. The molecule has 1 aromatic rings. The summed E-state index contributed by atoms with van der Waals surface area (Å²) >= 11 is 0. The van der Waals surface area contributed by atoms with Crippen LogP contribution in [0.15, 0.2) is 30.4 Å². The molecule has 3 aliphatic rings. The first-order valence-electron chi connectivity index (χ1n) is 7.24. The van der Waals surface area contributed by atoms with Crippen molar-refractivity contribution in [3.8, 4) is 0 Å². The number of benzene rings is 1. The molecule has 0 N–H and O–H groups in total. The molecule has 108 valence electrons. The summed E-state index contributed by atoms with van der Waals surface area (Å²) in [6.07, 6.45) is 3.58. The van der Waals surface area contributed by atoms with Crippen LogP contribution in [-0.2, 0) is 14.3 Å². The van der Waals surface area contributed by atoms with E-state index in [0.29, 0.717) is 5.69 Å². The molecule has 4 rings (SSSR count). The zero-order valence-corrected chi connectivity index (χ0v) is 12.3. The molecular formula is C17H17NO3. The van der Waals surface area contributed by atoms with Crippen molar-refractivity contribution < 1.29 is 14.3 Å². The Bertz CT molecular complexity index is 708. The smallest absolute Gasteiger partial charge is 0.241 e. The molecule has 21 heavy (non-hydrogen) atoms. The van der Waals surface area contributed by atoms with Gasteiger partial charge in [-0.1, -0.05) is 29.8 Å². The van der Waals surface area contributed by atoms with Crippen molar-refractivity contribution in [2.24, 2.45) is 11.8 Å². The van der Waals surface area contributed by atoms with Crippen LogP contribution in [0.2, 0.25) is 0 Å². The number of aryl methyl sites for hydroxylation is 2. The average Bonchev–Trinajstić information content (AvgIpc) is 3.01. The highest BCUT2D eigenvalue weighted by Gasteiger charge is 2.66. The summed E-state index contributed by atoms with van der Waals surface area (Å²) in [7, 11) is 0. The summed E-state index contributed by atoms with van der Waals surface area (Å²) in [5, 5.41) is 0. The van der Waals surface area contributed by atoms with Gasteiger partial charge in [-0.05, 0) is 32.4 Å². The highest BCUT2D eigenvalue weighted by molar-refractivity contribution is 6.23. The van der Waals surface area contributed by atoms with E-state index in [-0.39, 0.29) is 29.8 Å². The lowest BCUT2D eigenvalue weighted by Crippen LogP contribution is -2.38. The van der Waals surface area contributed by atoms with Gasteiger partial charge in [0.25, 0.3) is 0 Å². The van der Waals surface area contributed by atoms with Crippen molar-refractivity contribution in [3.63, 3.8) is 0 Å². The minimum Gasteiger partial charge on any atom is -0.362 e. The Kier molecular flexibility index (Phi) is 2.33. The van der Waals surface area contributed by atoms with E-state index in [1.807, 2.05) is 51.1 Å². The maximum absolute atomic E-state index is 12.8. The number of imide groups is 1. The van der Waals surface area contributed by atoms with Crippen molar-refractivity contribution in [1.82, 2.24) is 0 Å². The number of rotatable bonds is 1. The van der Waals surface area contributed by atoms with Gasteiger partial charge in [-0.25, -0.2) is 4.90 Å². The van der Waals surface area contributed by atoms with Gasteiger partial charge < -0.3 is 4.74 Å². The molecule has 0 radical (unpaired) electrons. The molecule has 0 unspecified atom stereocenters. The van der Waals surface area contributed by atoms with E-state index in [1.165, 1.54) is 4.90 Å². The number of amides is 2. The Labute approximate surface area is 123 Å². The van der Waals surface area contributed by atoms with Crippen molar-refractivity contribution in [1.29, 1.82) is 0 Å². The molecule has 0 aromatic heterocycles. The Balaban J connectivity index is 1.80. The van der Waals surface area contributed by atoms with Crippen molar-refractivity contribution in [2.75, 3.05) is 4.90 Å². The van der Waals surface area contributed by atoms with Gasteiger partial charge in [-0.15, -0.1) is 0 Å². The van der Waals surface area contributed by atoms with Crippen LogP contribution in [0.4, 0.5) is 5.69 Å². The highest BCUT2D eigenvalue weighted by Crippen LogP contribution is 2.52. The maximum Gasteiger partial charge on any atom is 0.241 e. The summed E-state index contributed by atoms with van der Waals surface area (Å²) in [4.78, 5) is 26.9. The van der Waals surface area contributed by atoms with Gasteiger partial charge in [0.2, 0.25) is 11.8 Å². The van der Waals surface area contributed by atoms with Crippen LogP contribution in [0, 0.1) is 25.7 Å². The van der Waals surface area contributed by atoms with Gasteiger partial charge in [0.1, 0.15) is 0 Å². The van der Waals surface area contributed by atoms with Gasteiger partial charge in [-0.3, -0.25) is 9.59 Å². The Morgan fingerprint density at radius 1 is 1.19 bits per heavy atom. The molecular weight excluding hydrogens is 266 g/mol. The normalized spacial score (nSPS) is 36.7. The Hall–Kier alpha value is -1.94.